The number of hydrogen-bond donors (Lipinski definition) is 2. The fraction of sp³-hybridized carbons (Fsp3) is 0.0488. The van der Waals surface area contributed by atoms with Gasteiger partial charge in [0, 0.05) is 26.6 Å². The van der Waals surface area contributed by atoms with Crippen LogP contribution in [-0.2, 0) is 39.0 Å². The summed E-state index contributed by atoms with van der Waals surface area (Å²) in [4.78, 5) is 9.29. The Hall–Kier alpha value is -2.19. The van der Waals surface area contributed by atoms with Gasteiger partial charge in [-0.05, 0) is 133 Å². The van der Waals surface area contributed by atoms with Gasteiger partial charge in [0.25, 0.3) is 0 Å². The van der Waals surface area contributed by atoms with Crippen LogP contribution in [0.3, 0.4) is 0 Å². The summed E-state index contributed by atoms with van der Waals surface area (Å²) in [5.41, 5.74) is 2.20. The van der Waals surface area contributed by atoms with E-state index in [9.17, 15) is 56.6 Å². The van der Waals surface area contributed by atoms with Crippen molar-refractivity contribution in [1.82, 2.24) is 0 Å². The zero-order chi connectivity index (χ0) is 49.6. The molecular weight excluding hydrogens is 1100 g/mol. The van der Waals surface area contributed by atoms with Crippen LogP contribution < -0.4 is 163 Å². The summed E-state index contributed by atoms with van der Waals surface area (Å²) < 4.78 is 81.7. The fourth-order valence-electron chi connectivity index (χ4n) is 6.32. The van der Waals surface area contributed by atoms with E-state index in [1.54, 1.807) is 26.0 Å². The number of phenolic OH excluding ortho intramolecular Hbond substituents is 1. The summed E-state index contributed by atoms with van der Waals surface area (Å²) in [6, 6.07) is 22.7. The predicted molar refractivity (Wildman–Crippen MR) is 233 cm³/mol. The topological polar surface area (TPSA) is 377 Å². The number of aromatic carboxylic acids is 1. The molecule has 0 aliphatic rings. The minimum Gasteiger partial charge on any atom is -0.744 e. The molecule has 0 heterocycles. The zero-order valence-electron chi connectivity index (χ0n) is 39.6. The van der Waals surface area contributed by atoms with Crippen molar-refractivity contribution < 1.29 is 223 Å². The molecule has 24 nitrogen and oxygen atoms in total. The summed E-state index contributed by atoms with van der Waals surface area (Å²) in [7, 11) is -10.6. The van der Waals surface area contributed by atoms with Crippen LogP contribution in [0.2, 0.25) is 0 Å². The molecule has 0 spiro atoms. The Labute approximate surface area is 538 Å². The van der Waals surface area contributed by atoms with Crippen LogP contribution >= 0.6 is 24.1 Å². The Bertz CT molecular complexity index is 3550. The molecule has 7 rings (SSSR count). The predicted octanol–water partition coefficient (Wildman–Crippen LogP) is -6.66. The van der Waals surface area contributed by atoms with Gasteiger partial charge in [-0.2, -0.15) is 44.5 Å². The Morgan fingerprint density at radius 2 is 1.00 bits per heavy atom. The maximum absolute atomic E-state index is 12.2. The number of carbonyl (C=O) groups excluding carboxylic acids is 1. The average molecular weight is 1130 g/mol. The van der Waals surface area contributed by atoms with E-state index in [-0.39, 0.29) is 204 Å². The minimum atomic E-state index is -5.29. The molecule has 0 bridgehead atoms. The second-order valence-electron chi connectivity index (χ2n) is 14.0. The van der Waals surface area contributed by atoms with Crippen molar-refractivity contribution in [3.05, 3.63) is 120 Å². The van der Waals surface area contributed by atoms with Crippen molar-refractivity contribution in [3.8, 4) is 11.5 Å². The molecule has 0 atom stereocenters. The van der Waals surface area contributed by atoms with Gasteiger partial charge in [0.05, 0.1) is 84.6 Å². The van der Waals surface area contributed by atoms with Gasteiger partial charge in [0.1, 0.15) is 31.7 Å². The Balaban J connectivity index is 0.00000375. The van der Waals surface area contributed by atoms with Gasteiger partial charge in [-0.3, -0.25) is 10.1 Å². The molecule has 74 heavy (non-hydrogen) atoms. The number of benzene rings is 7. The second kappa shape index (κ2) is 30.2. The number of carboxylic acids is 1. The van der Waals surface area contributed by atoms with Crippen molar-refractivity contribution in [2.45, 2.75) is 33.4 Å². The average Bonchev–Trinajstić information content (AvgIpc) is 3.30. The summed E-state index contributed by atoms with van der Waals surface area (Å²) in [6.45, 7) is 3.47. The number of carboxylic acid groups (broad SMARTS) is 1. The summed E-state index contributed by atoms with van der Waals surface area (Å²) in [6.07, 6.45) is 0. The van der Waals surface area contributed by atoms with E-state index >= 15 is 0 Å². The number of carbonyl (C=O) groups is 1. The summed E-state index contributed by atoms with van der Waals surface area (Å²) in [5, 5.41) is 93.1. The van der Waals surface area contributed by atoms with Crippen molar-refractivity contribution >= 4 is 117 Å². The molecule has 7 aromatic carbocycles. The van der Waals surface area contributed by atoms with Crippen LogP contribution in [0.25, 0.3) is 21.5 Å². The van der Waals surface area contributed by atoms with Crippen molar-refractivity contribution in [1.29, 1.82) is 0 Å². The number of hydrogen-bond acceptors (Lipinski definition) is 26. The smallest absolute Gasteiger partial charge is 0.744 e. The van der Waals surface area contributed by atoms with Crippen molar-refractivity contribution in [3.63, 3.8) is 0 Å². The van der Waals surface area contributed by atoms with Crippen LogP contribution in [0.5, 0.6) is 11.5 Å². The van der Waals surface area contributed by atoms with E-state index in [4.69, 9.17) is 0 Å². The Morgan fingerprint density at radius 1 is 0.527 bits per heavy atom. The van der Waals surface area contributed by atoms with Gasteiger partial charge >= 0.3 is 148 Å². The largest absolute Gasteiger partial charge is 1.00 e. The molecule has 0 saturated carbocycles. The van der Waals surface area contributed by atoms with Gasteiger partial charge in [-0.15, -0.1) is 5.11 Å². The molecule has 33 heteroatoms. The third kappa shape index (κ3) is 17.4. The molecule has 0 aliphatic heterocycles. The minimum absolute atomic E-state index is 0. The molecule has 2 N–H and O–H groups in total. The van der Waals surface area contributed by atoms with E-state index in [0.29, 0.717) is 51.0 Å². The van der Waals surface area contributed by atoms with E-state index in [0.717, 1.165) is 36.4 Å². The third-order valence-corrected chi connectivity index (χ3v) is 12.4. The summed E-state index contributed by atoms with van der Waals surface area (Å²) in [5.74, 6) is -2.43. The molecule has 0 aromatic heterocycles. The molecule has 354 valence electrons. The quantitative estimate of drug-likeness (QED) is 0.0214. The third-order valence-electron chi connectivity index (χ3n) is 9.49. The van der Waals surface area contributed by atoms with E-state index in [1.807, 2.05) is 0 Å². The molecule has 0 radical (unpaired) electrons. The normalized spacial score (nSPS) is 11.6. The fourth-order valence-corrected chi connectivity index (χ4v) is 8.74. The van der Waals surface area contributed by atoms with Gasteiger partial charge in [0.15, 0.2) is 5.75 Å². The summed E-state index contributed by atoms with van der Waals surface area (Å²) >= 11 is 0.627. The molecule has 0 saturated heterocycles. The van der Waals surface area contributed by atoms with Crippen molar-refractivity contribution in [2.75, 3.05) is 0 Å². The first-order chi connectivity index (χ1) is 32.8. The maximum Gasteiger partial charge on any atom is 1.00 e. The zero-order valence-corrected chi connectivity index (χ0v) is 52.9. The molecule has 0 fully saturated rings. The van der Waals surface area contributed by atoms with Crippen LogP contribution in [0, 0.1) is 13.8 Å². The van der Waals surface area contributed by atoms with Gasteiger partial charge in [-0.25, -0.2) is 16.8 Å². The van der Waals surface area contributed by atoms with Gasteiger partial charge in [0.2, 0.25) is 0 Å². The molecule has 7 aromatic rings. The number of aryl methyl sites for hydroxylation is 2. The van der Waals surface area contributed by atoms with E-state index < -0.39 is 58.1 Å². The van der Waals surface area contributed by atoms with Crippen LogP contribution in [0.1, 0.15) is 21.5 Å². The number of fused-ring (bicyclic) bond motifs is 2. The first-order valence-corrected chi connectivity index (χ1v) is 23.1. The molecular formula is C41H25N8Na5O16S4. The van der Waals surface area contributed by atoms with Gasteiger partial charge < -0.3 is 39.7 Å². The van der Waals surface area contributed by atoms with Crippen molar-refractivity contribution in [2.24, 2.45) is 40.9 Å². The standard InChI is InChI=1S/C41H30N8O16S4.5Na/c1-20-12-34(48-49-39-36(67-65-63-55)14-22-13-25(7-9-29(22)40(39)51)44-45-26-8-10-35(50)32(15-26)41(52)53)21(2)11-33(20)47-43-24-5-3-23(4-6-24)42-46-27-16-30-31(37(17-27)68(56,57)58)18-28(66-64-62-54)19-38(30)69(59,60)61;;;;;/h3-19,50-51,54-55H,1-2H3,(H,52,53)(H,56,57,58)(H,59,60,61);;;;;/q;5*+1/p-5. The number of azo groups is 4. The monoisotopic (exact) mass is 1130 g/mol. The molecule has 0 amide bonds. The van der Waals surface area contributed by atoms with Gasteiger partial charge in [-0.1, -0.05) is 0 Å². The van der Waals surface area contributed by atoms with Crippen LogP contribution in [0.4, 0.5) is 45.5 Å². The van der Waals surface area contributed by atoms with Crippen LogP contribution in [-0.4, -0.2) is 42.1 Å². The first kappa shape index (κ1) is 67.9. The Morgan fingerprint density at radius 3 is 1.57 bits per heavy atom. The van der Waals surface area contributed by atoms with E-state index in [2.05, 4.69) is 59.7 Å². The van der Waals surface area contributed by atoms with Crippen LogP contribution in [0.15, 0.2) is 164 Å². The maximum atomic E-state index is 12.2. The number of phenols is 2. The SMILES string of the molecule is Cc1cc(N=Nc2c(SOO[O-])cc3cc(N=Nc4ccc(O)c(C(=O)[O-])c4)ccc3c2O)c(C)cc1N=Nc1ccc(N=Nc2cc(S(=O)(=O)[O-])c3cc(SOO[O-])cc(S(=O)(=O)[O-])c3c2)cc1.[Na+].[Na+].[Na+].[Na+].[Na+]. The number of aromatic hydroxyl groups is 2. The molecule has 0 unspecified atom stereocenters. The Kier molecular flexibility index (Phi) is 27.8. The number of nitrogens with zero attached hydrogens (tertiary/aromatic N) is 8. The second-order valence-corrected chi connectivity index (χ2v) is 18.2. The number of rotatable bonds is 17. The first-order valence-electron chi connectivity index (χ1n) is 18.8. The van der Waals surface area contributed by atoms with E-state index in [1.165, 1.54) is 54.6 Å². The molecule has 0 aliphatic carbocycles.